The maximum atomic E-state index is 6.04. The zero-order valence-corrected chi connectivity index (χ0v) is 12.3. The molecule has 1 aliphatic rings. The molecule has 3 rings (SSSR count). The number of hydrogen-bond donors (Lipinski definition) is 1. The fourth-order valence-electron chi connectivity index (χ4n) is 2.79. The third-order valence-corrected chi connectivity index (χ3v) is 3.70. The number of hydrogen-bond acceptors (Lipinski definition) is 3. The molecule has 1 aromatic carbocycles. The molecule has 106 valence electrons. The number of nitrogens with one attached hydrogen (secondary N) is 1. The number of fused-ring (bicyclic) bond motifs is 1. The van der Waals surface area contributed by atoms with Crippen LogP contribution in [0, 0.1) is 6.92 Å². The molecule has 0 saturated heterocycles. The van der Waals surface area contributed by atoms with Crippen LogP contribution in [0.1, 0.15) is 43.4 Å². The molecule has 0 spiro atoms. The van der Waals surface area contributed by atoms with Crippen LogP contribution in [0.25, 0.3) is 0 Å². The van der Waals surface area contributed by atoms with Crippen molar-refractivity contribution in [3.63, 3.8) is 0 Å². The van der Waals surface area contributed by atoms with Gasteiger partial charge < -0.3 is 14.5 Å². The van der Waals surface area contributed by atoms with Gasteiger partial charge in [-0.25, -0.2) is 0 Å². The van der Waals surface area contributed by atoms with Crippen LogP contribution in [0.5, 0.6) is 5.75 Å². The van der Waals surface area contributed by atoms with Crippen LogP contribution in [0.15, 0.2) is 40.8 Å². The van der Waals surface area contributed by atoms with Crippen LogP contribution < -0.4 is 10.1 Å². The molecule has 0 bridgehead atoms. The molecule has 0 fully saturated rings. The molecule has 1 aliphatic heterocycles. The molecular formula is C17H21NO2. The molecule has 1 atom stereocenters. The zero-order valence-electron chi connectivity index (χ0n) is 12.3. The van der Waals surface area contributed by atoms with Crippen molar-refractivity contribution in [3.05, 3.63) is 53.5 Å². The highest BCUT2D eigenvalue weighted by Gasteiger charge is 2.33. The number of furan rings is 1. The van der Waals surface area contributed by atoms with E-state index in [2.05, 4.69) is 31.3 Å². The minimum absolute atomic E-state index is 0.148. The summed E-state index contributed by atoms with van der Waals surface area (Å²) in [5.74, 6) is 2.91. The van der Waals surface area contributed by atoms with E-state index in [4.69, 9.17) is 9.15 Å². The van der Waals surface area contributed by atoms with Crippen molar-refractivity contribution in [1.29, 1.82) is 0 Å². The molecular weight excluding hydrogens is 250 g/mol. The number of benzene rings is 1. The van der Waals surface area contributed by atoms with Crippen molar-refractivity contribution in [3.8, 4) is 5.75 Å². The summed E-state index contributed by atoms with van der Waals surface area (Å²) >= 11 is 0. The Kier molecular flexibility index (Phi) is 3.30. The number of aryl methyl sites for hydroxylation is 1. The van der Waals surface area contributed by atoms with Crippen molar-refractivity contribution in [1.82, 2.24) is 5.32 Å². The van der Waals surface area contributed by atoms with Gasteiger partial charge in [0, 0.05) is 18.0 Å². The lowest BCUT2D eigenvalue weighted by molar-refractivity contribution is 0.0653. The molecule has 3 heteroatoms. The van der Waals surface area contributed by atoms with Gasteiger partial charge in [-0.15, -0.1) is 0 Å². The first-order valence-electron chi connectivity index (χ1n) is 7.10. The largest absolute Gasteiger partial charge is 0.487 e. The van der Waals surface area contributed by atoms with Gasteiger partial charge in [0.05, 0.1) is 6.54 Å². The maximum absolute atomic E-state index is 6.04. The van der Waals surface area contributed by atoms with Gasteiger partial charge in [-0.05, 0) is 39.0 Å². The van der Waals surface area contributed by atoms with Crippen molar-refractivity contribution >= 4 is 0 Å². The third-order valence-electron chi connectivity index (χ3n) is 3.70. The monoisotopic (exact) mass is 271 g/mol. The minimum atomic E-state index is -0.148. The maximum Gasteiger partial charge on any atom is 0.124 e. The van der Waals surface area contributed by atoms with Gasteiger partial charge in [-0.3, -0.25) is 0 Å². The lowest BCUT2D eigenvalue weighted by Crippen LogP contribution is -2.39. The predicted molar refractivity (Wildman–Crippen MR) is 78.8 cm³/mol. The lowest BCUT2D eigenvalue weighted by atomic mass is 9.89. The van der Waals surface area contributed by atoms with Crippen LogP contribution in [0.4, 0.5) is 0 Å². The summed E-state index contributed by atoms with van der Waals surface area (Å²) in [6, 6.07) is 12.6. The van der Waals surface area contributed by atoms with Gasteiger partial charge >= 0.3 is 0 Å². The highest BCUT2D eigenvalue weighted by molar-refractivity contribution is 5.38. The quantitative estimate of drug-likeness (QED) is 0.917. The van der Waals surface area contributed by atoms with Gasteiger partial charge in [0.25, 0.3) is 0 Å². The van der Waals surface area contributed by atoms with Crippen LogP contribution in [0.3, 0.4) is 0 Å². The molecule has 0 saturated carbocycles. The zero-order chi connectivity index (χ0) is 14.2. The van der Waals surface area contributed by atoms with E-state index in [1.165, 1.54) is 5.56 Å². The average molecular weight is 271 g/mol. The molecule has 0 amide bonds. The summed E-state index contributed by atoms with van der Waals surface area (Å²) in [5, 5.41) is 3.59. The Labute approximate surface area is 119 Å². The third kappa shape index (κ3) is 2.73. The van der Waals surface area contributed by atoms with Gasteiger partial charge in [0.1, 0.15) is 22.9 Å². The summed E-state index contributed by atoms with van der Waals surface area (Å²) in [6.07, 6.45) is 0.948. The minimum Gasteiger partial charge on any atom is -0.487 e. The molecule has 2 aromatic rings. The summed E-state index contributed by atoms with van der Waals surface area (Å²) in [7, 11) is 0. The Morgan fingerprint density at radius 1 is 1.20 bits per heavy atom. The normalized spacial score (nSPS) is 20.2. The number of rotatable bonds is 3. The molecule has 3 nitrogen and oxygen atoms in total. The standard InChI is InChI=1S/C17H21NO2/c1-12-8-9-13(19-12)11-18-15-10-17(2,3)20-16-7-5-4-6-14(15)16/h4-9,15,18H,10-11H2,1-3H3. The topological polar surface area (TPSA) is 34.4 Å². The van der Waals surface area contributed by atoms with Gasteiger partial charge in [-0.1, -0.05) is 18.2 Å². The van der Waals surface area contributed by atoms with Crippen LogP contribution in [-0.4, -0.2) is 5.60 Å². The second-order valence-electron chi connectivity index (χ2n) is 6.05. The number of ether oxygens (including phenoxy) is 1. The van der Waals surface area contributed by atoms with E-state index in [1.807, 2.05) is 31.2 Å². The summed E-state index contributed by atoms with van der Waals surface area (Å²) < 4.78 is 11.7. The molecule has 1 unspecified atom stereocenters. The van der Waals surface area contributed by atoms with Crippen molar-refractivity contribution in [2.75, 3.05) is 0 Å². The van der Waals surface area contributed by atoms with Crippen LogP contribution in [-0.2, 0) is 6.54 Å². The van der Waals surface area contributed by atoms with Gasteiger partial charge in [0.15, 0.2) is 0 Å². The van der Waals surface area contributed by atoms with E-state index in [1.54, 1.807) is 0 Å². The Bertz CT molecular complexity index is 601. The average Bonchev–Trinajstić information content (AvgIpc) is 2.80. The van der Waals surface area contributed by atoms with E-state index in [0.29, 0.717) is 6.04 Å². The summed E-state index contributed by atoms with van der Waals surface area (Å²) in [5.41, 5.74) is 1.08. The fraction of sp³-hybridized carbons (Fsp3) is 0.412. The van der Waals surface area contributed by atoms with Gasteiger partial charge in [-0.2, -0.15) is 0 Å². The predicted octanol–water partition coefficient (Wildman–Crippen LogP) is 3.98. The molecule has 1 aromatic heterocycles. The highest BCUT2D eigenvalue weighted by atomic mass is 16.5. The Morgan fingerprint density at radius 2 is 2.00 bits per heavy atom. The van der Waals surface area contributed by atoms with E-state index < -0.39 is 0 Å². The van der Waals surface area contributed by atoms with E-state index >= 15 is 0 Å². The molecule has 1 N–H and O–H groups in total. The van der Waals surface area contributed by atoms with E-state index in [9.17, 15) is 0 Å². The smallest absolute Gasteiger partial charge is 0.124 e. The van der Waals surface area contributed by atoms with Crippen LogP contribution in [0.2, 0.25) is 0 Å². The molecule has 0 aliphatic carbocycles. The molecule has 20 heavy (non-hydrogen) atoms. The summed E-state index contributed by atoms with van der Waals surface area (Å²) in [6.45, 7) is 6.97. The summed E-state index contributed by atoms with van der Waals surface area (Å²) in [4.78, 5) is 0. The lowest BCUT2D eigenvalue weighted by Gasteiger charge is -2.38. The van der Waals surface area contributed by atoms with Crippen molar-refractivity contribution < 1.29 is 9.15 Å². The second kappa shape index (κ2) is 4.98. The first-order chi connectivity index (χ1) is 9.53. The molecule has 2 heterocycles. The Balaban J connectivity index is 1.78. The first-order valence-corrected chi connectivity index (χ1v) is 7.10. The van der Waals surface area contributed by atoms with Gasteiger partial charge in [0.2, 0.25) is 0 Å². The SMILES string of the molecule is Cc1ccc(CNC2CC(C)(C)Oc3ccccc32)o1. The second-order valence-corrected chi connectivity index (χ2v) is 6.05. The number of para-hydroxylation sites is 1. The Morgan fingerprint density at radius 3 is 2.75 bits per heavy atom. The van der Waals surface area contributed by atoms with E-state index in [0.717, 1.165) is 30.2 Å². The Hall–Kier alpha value is -1.74. The van der Waals surface area contributed by atoms with Crippen molar-refractivity contribution in [2.45, 2.75) is 45.4 Å². The first kappa shape index (κ1) is 13.3. The fourth-order valence-corrected chi connectivity index (χ4v) is 2.79. The molecule has 0 radical (unpaired) electrons. The van der Waals surface area contributed by atoms with Crippen LogP contribution >= 0.6 is 0 Å². The van der Waals surface area contributed by atoms with E-state index in [-0.39, 0.29) is 5.60 Å². The van der Waals surface area contributed by atoms with Crippen molar-refractivity contribution in [2.24, 2.45) is 0 Å². The highest BCUT2D eigenvalue weighted by Crippen LogP contribution is 2.39.